The number of benzene rings is 1. The van der Waals surface area contributed by atoms with Gasteiger partial charge in [0.15, 0.2) is 6.54 Å². The summed E-state index contributed by atoms with van der Waals surface area (Å²) >= 11 is 0. The van der Waals surface area contributed by atoms with Gasteiger partial charge < -0.3 is 20.3 Å². The van der Waals surface area contributed by atoms with Crippen molar-refractivity contribution in [1.82, 2.24) is 10.6 Å². The second-order valence-electron chi connectivity index (χ2n) is 6.03. The average Bonchev–Trinajstić information content (AvgIpc) is 3.06. The number of likely N-dealkylation sites (N-methyl/N-ethyl adjacent to an activating group) is 1. The topological polar surface area (TPSA) is 71.9 Å². The number of carbonyl (C=O) groups is 2. The van der Waals surface area contributed by atoms with Crippen molar-refractivity contribution in [2.45, 2.75) is 25.5 Å². The number of nitrogens with one attached hydrogen (secondary N) is 3. The Morgan fingerprint density at radius 2 is 2.04 bits per heavy atom. The second kappa shape index (κ2) is 8.64. The van der Waals surface area contributed by atoms with Crippen molar-refractivity contribution in [3.05, 3.63) is 35.4 Å². The number of hydrogen-bond acceptors (Lipinski definition) is 3. The van der Waals surface area contributed by atoms with Crippen LogP contribution in [-0.4, -0.2) is 51.7 Å². The molecule has 1 unspecified atom stereocenters. The molecule has 23 heavy (non-hydrogen) atoms. The minimum absolute atomic E-state index is 0.0416. The van der Waals surface area contributed by atoms with Crippen molar-refractivity contribution in [2.24, 2.45) is 0 Å². The van der Waals surface area contributed by atoms with Gasteiger partial charge in [-0.3, -0.25) is 9.59 Å². The summed E-state index contributed by atoms with van der Waals surface area (Å²) in [5.74, 6) is -0.0502. The third-order valence-electron chi connectivity index (χ3n) is 3.96. The fraction of sp³-hybridized carbons (Fsp3) is 0.529. The smallest absolute Gasteiger partial charge is 0.275 e. The monoisotopic (exact) mass is 320 g/mol. The van der Waals surface area contributed by atoms with Crippen molar-refractivity contribution in [2.75, 3.05) is 33.8 Å². The highest BCUT2D eigenvalue weighted by molar-refractivity contribution is 5.93. The maximum Gasteiger partial charge on any atom is 0.275 e. The standard InChI is InChI=1S/C17H25N3O3/c1-18-17(22)14-7-5-13(6-8-14)11-20(2)12-16(21)19-10-15-4-3-9-23-15/h5-8,15H,3-4,9-12H2,1-2H3,(H,18,22)(H,19,21)/p+1/t15-/m1/s1. The van der Waals surface area contributed by atoms with Gasteiger partial charge in [0.25, 0.3) is 11.8 Å². The molecule has 1 aliphatic heterocycles. The first-order valence-electron chi connectivity index (χ1n) is 8.09. The average molecular weight is 320 g/mol. The molecule has 2 rings (SSSR count). The normalized spacial score (nSPS) is 18.4. The summed E-state index contributed by atoms with van der Waals surface area (Å²) in [6.07, 6.45) is 2.29. The van der Waals surface area contributed by atoms with Gasteiger partial charge in [-0.25, -0.2) is 0 Å². The Morgan fingerprint density at radius 3 is 2.65 bits per heavy atom. The molecule has 0 spiro atoms. The van der Waals surface area contributed by atoms with Crippen LogP contribution >= 0.6 is 0 Å². The van der Waals surface area contributed by atoms with Crippen LogP contribution < -0.4 is 15.5 Å². The van der Waals surface area contributed by atoms with Crippen LogP contribution in [0.4, 0.5) is 0 Å². The van der Waals surface area contributed by atoms with Crippen LogP contribution in [0.2, 0.25) is 0 Å². The fourth-order valence-electron chi connectivity index (χ4n) is 2.70. The zero-order chi connectivity index (χ0) is 16.7. The molecule has 1 saturated heterocycles. The summed E-state index contributed by atoms with van der Waals surface area (Å²) in [4.78, 5) is 24.5. The lowest BCUT2D eigenvalue weighted by atomic mass is 10.1. The van der Waals surface area contributed by atoms with E-state index in [-0.39, 0.29) is 17.9 Å². The molecule has 3 N–H and O–H groups in total. The van der Waals surface area contributed by atoms with Crippen molar-refractivity contribution < 1.29 is 19.2 Å². The maximum absolute atomic E-state index is 11.9. The molecule has 6 nitrogen and oxygen atoms in total. The summed E-state index contributed by atoms with van der Waals surface area (Å²) in [6.45, 7) is 2.57. The van der Waals surface area contributed by atoms with Crippen LogP contribution in [0, 0.1) is 0 Å². The van der Waals surface area contributed by atoms with Crippen LogP contribution in [0.3, 0.4) is 0 Å². The Morgan fingerprint density at radius 1 is 1.30 bits per heavy atom. The zero-order valence-corrected chi connectivity index (χ0v) is 13.9. The second-order valence-corrected chi connectivity index (χ2v) is 6.03. The van der Waals surface area contributed by atoms with E-state index in [1.807, 2.05) is 19.2 Å². The molecule has 0 radical (unpaired) electrons. The molecule has 0 bridgehead atoms. The lowest BCUT2D eigenvalue weighted by Gasteiger charge is -2.15. The minimum Gasteiger partial charge on any atom is -0.376 e. The Labute approximate surface area is 137 Å². The largest absolute Gasteiger partial charge is 0.376 e. The van der Waals surface area contributed by atoms with Crippen molar-refractivity contribution in [3.8, 4) is 0 Å². The lowest BCUT2D eigenvalue weighted by Crippen LogP contribution is -3.08. The molecule has 1 aliphatic rings. The highest BCUT2D eigenvalue weighted by Gasteiger charge is 2.17. The predicted molar refractivity (Wildman–Crippen MR) is 87.3 cm³/mol. The fourth-order valence-corrected chi connectivity index (χ4v) is 2.70. The summed E-state index contributed by atoms with van der Waals surface area (Å²) in [5, 5.41) is 5.53. The van der Waals surface area contributed by atoms with Crippen LogP contribution in [0.15, 0.2) is 24.3 Å². The van der Waals surface area contributed by atoms with E-state index >= 15 is 0 Å². The summed E-state index contributed by atoms with van der Waals surface area (Å²) in [7, 11) is 3.60. The molecular formula is C17H26N3O3+. The summed E-state index contributed by atoms with van der Waals surface area (Å²) in [5.41, 5.74) is 1.74. The first kappa shape index (κ1) is 17.4. The van der Waals surface area contributed by atoms with E-state index in [0.29, 0.717) is 18.7 Å². The third kappa shape index (κ3) is 5.65. The predicted octanol–water partition coefficient (Wildman–Crippen LogP) is -0.644. The number of hydrogen-bond donors (Lipinski definition) is 3. The Bertz CT molecular complexity index is 524. The van der Waals surface area contributed by atoms with E-state index in [1.54, 1.807) is 19.2 Å². The number of carbonyl (C=O) groups excluding carboxylic acids is 2. The lowest BCUT2D eigenvalue weighted by molar-refractivity contribution is -0.885. The molecule has 1 aromatic carbocycles. The van der Waals surface area contributed by atoms with Crippen LogP contribution in [0.25, 0.3) is 0 Å². The van der Waals surface area contributed by atoms with Gasteiger partial charge in [-0.1, -0.05) is 12.1 Å². The van der Waals surface area contributed by atoms with E-state index in [2.05, 4.69) is 10.6 Å². The van der Waals surface area contributed by atoms with Gasteiger partial charge in [-0.15, -0.1) is 0 Å². The first-order valence-corrected chi connectivity index (χ1v) is 8.09. The molecule has 0 aliphatic carbocycles. The van der Waals surface area contributed by atoms with Crippen molar-refractivity contribution in [3.63, 3.8) is 0 Å². The molecule has 1 heterocycles. The summed E-state index contributed by atoms with van der Waals surface area (Å²) < 4.78 is 5.49. The van der Waals surface area contributed by atoms with Crippen molar-refractivity contribution in [1.29, 1.82) is 0 Å². The van der Waals surface area contributed by atoms with Gasteiger partial charge in [-0.05, 0) is 25.0 Å². The Hall–Kier alpha value is -1.92. The van der Waals surface area contributed by atoms with Gasteiger partial charge in [0.2, 0.25) is 0 Å². The van der Waals surface area contributed by atoms with Crippen LogP contribution in [0.1, 0.15) is 28.8 Å². The van der Waals surface area contributed by atoms with E-state index < -0.39 is 0 Å². The summed E-state index contributed by atoms with van der Waals surface area (Å²) in [6, 6.07) is 7.47. The molecule has 2 amide bonds. The Kier molecular flexibility index (Phi) is 6.55. The quantitative estimate of drug-likeness (QED) is 0.626. The van der Waals surface area contributed by atoms with E-state index in [0.717, 1.165) is 36.5 Å². The van der Waals surface area contributed by atoms with Gasteiger partial charge >= 0.3 is 0 Å². The maximum atomic E-state index is 11.9. The van der Waals surface area contributed by atoms with Gasteiger partial charge in [0.05, 0.1) is 13.2 Å². The Balaban J connectivity index is 1.73. The molecule has 126 valence electrons. The molecule has 1 aromatic rings. The van der Waals surface area contributed by atoms with Crippen LogP contribution in [-0.2, 0) is 16.1 Å². The SMILES string of the molecule is CNC(=O)c1ccc(C[NH+](C)CC(=O)NC[C@H]2CCCO2)cc1. The molecule has 2 atom stereocenters. The van der Waals surface area contributed by atoms with E-state index in [1.165, 1.54) is 0 Å². The van der Waals surface area contributed by atoms with Gasteiger partial charge in [0.1, 0.15) is 6.54 Å². The number of quaternary nitrogens is 1. The number of rotatable bonds is 7. The molecule has 6 heteroatoms. The molecule has 0 aromatic heterocycles. The molecular weight excluding hydrogens is 294 g/mol. The zero-order valence-electron chi connectivity index (χ0n) is 13.9. The van der Waals surface area contributed by atoms with Gasteiger partial charge in [0, 0.05) is 31.3 Å². The first-order chi connectivity index (χ1) is 11.1. The molecule has 0 saturated carbocycles. The number of amides is 2. The van der Waals surface area contributed by atoms with Gasteiger partial charge in [-0.2, -0.15) is 0 Å². The van der Waals surface area contributed by atoms with E-state index in [4.69, 9.17) is 4.74 Å². The highest BCUT2D eigenvalue weighted by Crippen LogP contribution is 2.10. The van der Waals surface area contributed by atoms with Crippen LogP contribution in [0.5, 0.6) is 0 Å². The number of ether oxygens (including phenoxy) is 1. The third-order valence-corrected chi connectivity index (χ3v) is 3.96. The van der Waals surface area contributed by atoms with Crippen molar-refractivity contribution >= 4 is 11.8 Å². The minimum atomic E-state index is -0.0919. The highest BCUT2D eigenvalue weighted by atomic mass is 16.5. The molecule has 1 fully saturated rings. The van der Waals surface area contributed by atoms with E-state index in [9.17, 15) is 9.59 Å².